The number of aromatic nitrogens is 1. The van der Waals surface area contributed by atoms with E-state index in [-0.39, 0.29) is 17.7 Å². The Hall–Kier alpha value is -3.40. The lowest BCUT2D eigenvalue weighted by Crippen LogP contribution is -2.26. The van der Waals surface area contributed by atoms with Crippen molar-refractivity contribution in [1.29, 1.82) is 0 Å². The van der Waals surface area contributed by atoms with Gasteiger partial charge in [-0.1, -0.05) is 42.5 Å². The van der Waals surface area contributed by atoms with Gasteiger partial charge in [0.15, 0.2) is 5.78 Å². The first-order valence-corrected chi connectivity index (χ1v) is 9.63. The summed E-state index contributed by atoms with van der Waals surface area (Å²) in [5.74, 6) is 0.396. The number of pyridine rings is 1. The number of allylic oxidation sites excluding steroid dienone is 1. The van der Waals surface area contributed by atoms with Gasteiger partial charge in [-0.2, -0.15) is 0 Å². The number of fused-ring (bicyclic) bond motifs is 1. The maximum atomic E-state index is 13.3. The Labute approximate surface area is 164 Å². The topological polar surface area (TPSA) is 54.0 Å². The van der Waals surface area contributed by atoms with E-state index in [0.717, 1.165) is 34.6 Å². The van der Waals surface area contributed by atoms with Crippen molar-refractivity contribution in [2.24, 2.45) is 0 Å². The molecule has 4 heteroatoms. The summed E-state index contributed by atoms with van der Waals surface area (Å²) in [6.45, 7) is 0. The average molecular weight is 367 g/mol. The third-order valence-electron chi connectivity index (χ3n) is 5.62. The van der Waals surface area contributed by atoms with Crippen molar-refractivity contribution in [2.75, 3.05) is 10.6 Å². The number of carbonyl (C=O) groups excluding carboxylic acids is 1. The summed E-state index contributed by atoms with van der Waals surface area (Å²) in [5.41, 5.74) is 6.14. The molecule has 2 aliphatic rings. The highest BCUT2D eigenvalue weighted by molar-refractivity contribution is 6.01. The Morgan fingerprint density at radius 1 is 0.786 bits per heavy atom. The lowest BCUT2D eigenvalue weighted by Gasteiger charge is -2.29. The largest absolute Gasteiger partial charge is 0.372 e. The van der Waals surface area contributed by atoms with Gasteiger partial charge in [-0.15, -0.1) is 0 Å². The molecule has 0 saturated heterocycles. The number of benzene rings is 2. The molecule has 0 spiro atoms. The molecule has 2 aromatic carbocycles. The summed E-state index contributed by atoms with van der Waals surface area (Å²) in [4.78, 5) is 17.5. The van der Waals surface area contributed by atoms with Gasteiger partial charge < -0.3 is 10.6 Å². The van der Waals surface area contributed by atoms with Crippen molar-refractivity contribution in [1.82, 2.24) is 4.98 Å². The van der Waals surface area contributed by atoms with Crippen LogP contribution >= 0.6 is 0 Å². The highest BCUT2D eigenvalue weighted by Crippen LogP contribution is 2.43. The van der Waals surface area contributed by atoms with Crippen LogP contribution in [0.1, 0.15) is 35.9 Å². The van der Waals surface area contributed by atoms with E-state index in [9.17, 15) is 4.79 Å². The molecule has 4 nitrogen and oxygen atoms in total. The molecule has 1 aliphatic carbocycles. The Balaban J connectivity index is 1.62. The van der Waals surface area contributed by atoms with E-state index in [1.807, 2.05) is 48.5 Å². The van der Waals surface area contributed by atoms with Crippen LogP contribution in [0.2, 0.25) is 0 Å². The van der Waals surface area contributed by atoms with Gasteiger partial charge in [-0.25, -0.2) is 0 Å². The number of hydrogen-bond acceptors (Lipinski definition) is 4. The maximum Gasteiger partial charge on any atom is 0.163 e. The SMILES string of the molecule is O=C1C[C@H](c2ccccc2)CC2=C1[C@@H](c1ccncc1)Nc1ccccc1N2. The van der Waals surface area contributed by atoms with E-state index in [1.54, 1.807) is 12.4 Å². The lowest BCUT2D eigenvalue weighted by atomic mass is 9.78. The molecule has 0 unspecified atom stereocenters. The second-order valence-corrected chi connectivity index (χ2v) is 7.36. The molecule has 28 heavy (non-hydrogen) atoms. The van der Waals surface area contributed by atoms with Crippen molar-refractivity contribution >= 4 is 17.2 Å². The van der Waals surface area contributed by atoms with Crippen LogP contribution < -0.4 is 10.6 Å². The predicted molar refractivity (Wildman–Crippen MR) is 111 cm³/mol. The monoisotopic (exact) mass is 367 g/mol. The second kappa shape index (κ2) is 6.97. The number of para-hydroxylation sites is 2. The van der Waals surface area contributed by atoms with Gasteiger partial charge in [-0.3, -0.25) is 9.78 Å². The minimum atomic E-state index is -0.182. The third-order valence-corrected chi connectivity index (χ3v) is 5.62. The molecule has 0 fully saturated rings. The molecule has 1 aliphatic heterocycles. The van der Waals surface area contributed by atoms with Crippen LogP contribution in [-0.4, -0.2) is 10.8 Å². The number of nitrogens with one attached hydrogen (secondary N) is 2. The van der Waals surface area contributed by atoms with Crippen LogP contribution in [0.15, 0.2) is 90.4 Å². The molecule has 5 rings (SSSR count). The Morgan fingerprint density at radius 2 is 1.50 bits per heavy atom. The first kappa shape index (κ1) is 16.8. The van der Waals surface area contributed by atoms with Crippen molar-refractivity contribution in [3.05, 3.63) is 102 Å². The third kappa shape index (κ3) is 2.97. The van der Waals surface area contributed by atoms with E-state index < -0.39 is 0 Å². The molecule has 0 bridgehead atoms. The van der Waals surface area contributed by atoms with Gasteiger partial charge in [0.05, 0.1) is 17.4 Å². The van der Waals surface area contributed by atoms with Gasteiger partial charge in [0.1, 0.15) is 0 Å². The number of ketones is 1. The summed E-state index contributed by atoms with van der Waals surface area (Å²) < 4.78 is 0. The number of Topliss-reactive ketones (excluding diaryl/α,β-unsaturated/α-hetero) is 1. The number of rotatable bonds is 2. The molecular formula is C24H21N3O. The zero-order chi connectivity index (χ0) is 18.9. The average Bonchev–Trinajstić information content (AvgIpc) is 2.92. The van der Waals surface area contributed by atoms with E-state index in [4.69, 9.17) is 0 Å². The summed E-state index contributed by atoms with van der Waals surface area (Å²) >= 11 is 0. The van der Waals surface area contributed by atoms with Crippen molar-refractivity contribution in [3.63, 3.8) is 0 Å². The van der Waals surface area contributed by atoms with Gasteiger partial charge in [0.25, 0.3) is 0 Å². The summed E-state index contributed by atoms with van der Waals surface area (Å²) in [7, 11) is 0. The van der Waals surface area contributed by atoms with Crippen molar-refractivity contribution in [2.45, 2.75) is 24.8 Å². The molecule has 138 valence electrons. The molecule has 2 heterocycles. The molecule has 0 amide bonds. The second-order valence-electron chi connectivity index (χ2n) is 7.36. The van der Waals surface area contributed by atoms with E-state index in [1.165, 1.54) is 5.56 Å². The maximum absolute atomic E-state index is 13.3. The predicted octanol–water partition coefficient (Wildman–Crippen LogP) is 5.06. The van der Waals surface area contributed by atoms with Crippen LogP contribution in [0, 0.1) is 0 Å². The first-order chi connectivity index (χ1) is 13.8. The number of anilines is 2. The van der Waals surface area contributed by atoms with Crippen molar-refractivity contribution in [3.8, 4) is 0 Å². The van der Waals surface area contributed by atoms with E-state index in [0.29, 0.717) is 6.42 Å². The zero-order valence-corrected chi connectivity index (χ0v) is 15.4. The van der Waals surface area contributed by atoms with Gasteiger partial charge >= 0.3 is 0 Å². The van der Waals surface area contributed by atoms with Gasteiger partial charge in [0, 0.05) is 30.1 Å². The van der Waals surface area contributed by atoms with Gasteiger partial charge in [-0.05, 0) is 47.7 Å². The lowest BCUT2D eigenvalue weighted by molar-refractivity contribution is -0.116. The highest BCUT2D eigenvalue weighted by Gasteiger charge is 2.35. The number of nitrogens with zero attached hydrogens (tertiary/aromatic N) is 1. The molecular weight excluding hydrogens is 346 g/mol. The van der Waals surface area contributed by atoms with E-state index >= 15 is 0 Å². The fraction of sp³-hybridized carbons (Fsp3) is 0.167. The molecule has 3 aromatic rings. The molecule has 0 saturated carbocycles. The zero-order valence-electron chi connectivity index (χ0n) is 15.4. The number of carbonyl (C=O) groups is 1. The Morgan fingerprint density at radius 3 is 2.29 bits per heavy atom. The quantitative estimate of drug-likeness (QED) is 0.665. The molecule has 0 radical (unpaired) electrons. The van der Waals surface area contributed by atoms with Crippen LogP contribution in [0.25, 0.3) is 0 Å². The van der Waals surface area contributed by atoms with Crippen molar-refractivity contribution < 1.29 is 4.79 Å². The fourth-order valence-electron chi connectivity index (χ4n) is 4.26. The van der Waals surface area contributed by atoms with Crippen LogP contribution in [0.4, 0.5) is 11.4 Å². The summed E-state index contributed by atoms with van der Waals surface area (Å²) in [5, 5.41) is 7.16. The van der Waals surface area contributed by atoms with Crippen LogP contribution in [-0.2, 0) is 4.79 Å². The Bertz CT molecular complexity index is 1040. The normalized spacial score (nSPS) is 21.1. The fourth-order valence-corrected chi connectivity index (χ4v) is 4.26. The molecule has 2 atom stereocenters. The van der Waals surface area contributed by atoms with E-state index in [2.05, 4.69) is 33.8 Å². The van der Waals surface area contributed by atoms with Crippen LogP contribution in [0.5, 0.6) is 0 Å². The Kier molecular flexibility index (Phi) is 4.17. The minimum Gasteiger partial charge on any atom is -0.372 e. The smallest absolute Gasteiger partial charge is 0.163 e. The molecule has 2 N–H and O–H groups in total. The highest BCUT2D eigenvalue weighted by atomic mass is 16.1. The summed E-state index contributed by atoms with van der Waals surface area (Å²) in [6, 6.07) is 22.2. The minimum absolute atomic E-state index is 0.182. The standard InChI is InChI=1S/C24H21N3O/c28-22-15-18(16-6-2-1-3-7-16)14-21-23(22)24(17-10-12-25-13-11-17)27-20-9-5-4-8-19(20)26-21/h1-13,18,24,26-27H,14-15H2/t18-,24-/m1/s1. The molecule has 1 aromatic heterocycles. The number of hydrogen-bond donors (Lipinski definition) is 2. The summed E-state index contributed by atoms with van der Waals surface area (Å²) in [6.07, 6.45) is 4.91. The first-order valence-electron chi connectivity index (χ1n) is 9.63. The van der Waals surface area contributed by atoms with Gasteiger partial charge in [0.2, 0.25) is 0 Å². The van der Waals surface area contributed by atoms with Crippen LogP contribution in [0.3, 0.4) is 0 Å².